The molecule has 0 aromatic heterocycles. The van der Waals surface area contributed by atoms with E-state index in [2.05, 4.69) is 17.1 Å². The van der Waals surface area contributed by atoms with Gasteiger partial charge in [0.1, 0.15) is 5.82 Å². The highest BCUT2D eigenvalue weighted by molar-refractivity contribution is 5.80. The Balaban J connectivity index is 1.69. The van der Waals surface area contributed by atoms with Gasteiger partial charge in [0, 0.05) is 31.5 Å². The number of nitrogens with zero attached hydrogens (tertiary/aromatic N) is 2. The van der Waals surface area contributed by atoms with E-state index in [0.29, 0.717) is 18.9 Å². The zero-order chi connectivity index (χ0) is 18.6. The maximum Gasteiger partial charge on any atom is 0.217 e. The van der Waals surface area contributed by atoms with Crippen molar-refractivity contribution in [2.45, 2.75) is 44.4 Å². The summed E-state index contributed by atoms with van der Waals surface area (Å²) >= 11 is 0. The van der Waals surface area contributed by atoms with Crippen LogP contribution < -0.4 is 11.1 Å². The number of aliphatic imine (C=N–C) groups is 1. The smallest absolute Gasteiger partial charge is 0.217 e. The lowest BCUT2D eigenvalue weighted by Gasteiger charge is -2.35. The van der Waals surface area contributed by atoms with Crippen molar-refractivity contribution in [3.05, 3.63) is 35.6 Å². The first-order chi connectivity index (χ1) is 12.5. The summed E-state index contributed by atoms with van der Waals surface area (Å²) in [5, 5.41) is 3.39. The molecule has 1 aliphatic carbocycles. The van der Waals surface area contributed by atoms with Crippen LogP contribution in [0.15, 0.2) is 29.3 Å². The summed E-state index contributed by atoms with van der Waals surface area (Å²) in [6, 6.07) is 6.83. The molecule has 2 fully saturated rings. The van der Waals surface area contributed by atoms with Crippen molar-refractivity contribution in [1.29, 1.82) is 0 Å². The van der Waals surface area contributed by atoms with Crippen LogP contribution in [0.1, 0.15) is 44.6 Å². The number of guanidine groups is 1. The first kappa shape index (κ1) is 18.7. The van der Waals surface area contributed by atoms with E-state index >= 15 is 0 Å². The molecule has 3 N–H and O–H groups in total. The van der Waals surface area contributed by atoms with E-state index in [4.69, 9.17) is 10.7 Å². The first-order valence-electron chi connectivity index (χ1n) is 9.60. The lowest BCUT2D eigenvalue weighted by atomic mass is 9.94. The molecule has 1 atom stereocenters. The van der Waals surface area contributed by atoms with Gasteiger partial charge in [0.05, 0.1) is 6.54 Å². The van der Waals surface area contributed by atoms with Crippen LogP contribution in [0.3, 0.4) is 0 Å². The number of hydrogen-bond acceptors (Lipinski definition) is 2. The van der Waals surface area contributed by atoms with Crippen LogP contribution in [0.4, 0.5) is 4.39 Å². The molecule has 5 nitrogen and oxygen atoms in total. The SMILES string of the molecule is CCNC(=NCC1(c2ccc(F)cc2)CC1)N1CCCC(CC(N)=O)C1. The Morgan fingerprint density at radius 3 is 2.73 bits per heavy atom. The largest absolute Gasteiger partial charge is 0.370 e. The number of nitrogens with two attached hydrogens (primary N) is 1. The highest BCUT2D eigenvalue weighted by Gasteiger charge is 2.44. The van der Waals surface area contributed by atoms with Crippen LogP contribution in [0.25, 0.3) is 0 Å². The number of halogens is 1. The van der Waals surface area contributed by atoms with E-state index in [9.17, 15) is 9.18 Å². The summed E-state index contributed by atoms with van der Waals surface area (Å²) in [7, 11) is 0. The quantitative estimate of drug-likeness (QED) is 0.605. The molecule has 26 heavy (non-hydrogen) atoms. The minimum absolute atomic E-state index is 0.0524. The minimum Gasteiger partial charge on any atom is -0.370 e. The molecule has 0 spiro atoms. The Morgan fingerprint density at radius 2 is 2.12 bits per heavy atom. The van der Waals surface area contributed by atoms with Gasteiger partial charge in [0.25, 0.3) is 0 Å². The zero-order valence-electron chi connectivity index (χ0n) is 15.5. The van der Waals surface area contributed by atoms with Crippen LogP contribution in [-0.4, -0.2) is 42.9 Å². The minimum atomic E-state index is -0.230. The van der Waals surface area contributed by atoms with E-state index in [1.165, 1.54) is 17.7 Å². The van der Waals surface area contributed by atoms with E-state index in [1.807, 2.05) is 12.1 Å². The fourth-order valence-electron chi connectivity index (χ4n) is 3.85. The topological polar surface area (TPSA) is 70.7 Å². The average molecular weight is 360 g/mol. The van der Waals surface area contributed by atoms with E-state index in [-0.39, 0.29) is 17.1 Å². The van der Waals surface area contributed by atoms with Crippen LogP contribution in [-0.2, 0) is 10.2 Å². The summed E-state index contributed by atoms with van der Waals surface area (Å²) < 4.78 is 13.2. The van der Waals surface area contributed by atoms with Crippen molar-refractivity contribution in [3.63, 3.8) is 0 Å². The maximum atomic E-state index is 13.2. The summed E-state index contributed by atoms with van der Waals surface area (Å²) in [5.41, 5.74) is 6.60. The van der Waals surface area contributed by atoms with Gasteiger partial charge in [-0.05, 0) is 56.2 Å². The van der Waals surface area contributed by atoms with Gasteiger partial charge in [-0.1, -0.05) is 12.1 Å². The predicted molar refractivity (Wildman–Crippen MR) is 101 cm³/mol. The van der Waals surface area contributed by atoms with Crippen molar-refractivity contribution in [1.82, 2.24) is 10.2 Å². The van der Waals surface area contributed by atoms with Crippen LogP contribution in [0, 0.1) is 11.7 Å². The number of carbonyl (C=O) groups is 1. The number of primary amides is 1. The van der Waals surface area contributed by atoms with Gasteiger partial charge in [-0.3, -0.25) is 9.79 Å². The molecule has 1 aliphatic heterocycles. The number of hydrogen-bond donors (Lipinski definition) is 2. The third kappa shape index (κ3) is 4.54. The van der Waals surface area contributed by atoms with Crippen LogP contribution >= 0.6 is 0 Å². The number of piperidine rings is 1. The van der Waals surface area contributed by atoms with Gasteiger partial charge in [-0.2, -0.15) is 0 Å². The van der Waals surface area contributed by atoms with Gasteiger partial charge in [0.2, 0.25) is 5.91 Å². The first-order valence-corrected chi connectivity index (χ1v) is 9.60. The molecular formula is C20H29FN4O. The zero-order valence-corrected chi connectivity index (χ0v) is 15.5. The molecule has 6 heteroatoms. The third-order valence-corrected chi connectivity index (χ3v) is 5.48. The lowest BCUT2D eigenvalue weighted by Crippen LogP contribution is -2.47. The number of benzene rings is 1. The summed E-state index contributed by atoms with van der Waals surface area (Å²) in [5.74, 6) is 0.786. The number of rotatable bonds is 6. The van der Waals surface area contributed by atoms with Crippen molar-refractivity contribution < 1.29 is 9.18 Å². The molecule has 1 saturated carbocycles. The average Bonchev–Trinajstić information content (AvgIpc) is 3.40. The standard InChI is InChI=1S/C20H29FN4O/c1-2-23-19(25-11-3-4-15(13-25)12-18(22)26)24-14-20(9-10-20)16-5-7-17(21)8-6-16/h5-8,15H,2-4,9-14H2,1H3,(H2,22,26)(H,23,24). The number of nitrogens with one attached hydrogen (secondary N) is 1. The highest BCUT2D eigenvalue weighted by Crippen LogP contribution is 2.48. The van der Waals surface area contributed by atoms with Crippen molar-refractivity contribution in [2.24, 2.45) is 16.6 Å². The van der Waals surface area contributed by atoms with E-state index < -0.39 is 0 Å². The molecular weight excluding hydrogens is 331 g/mol. The molecule has 1 saturated heterocycles. The Bertz CT molecular complexity index is 654. The molecule has 0 radical (unpaired) electrons. The summed E-state index contributed by atoms with van der Waals surface area (Å²) in [6.45, 7) is 5.34. The van der Waals surface area contributed by atoms with Gasteiger partial charge in [-0.15, -0.1) is 0 Å². The summed E-state index contributed by atoms with van der Waals surface area (Å²) in [6.07, 6.45) is 4.71. The van der Waals surface area contributed by atoms with Crippen molar-refractivity contribution in [3.8, 4) is 0 Å². The second-order valence-electron chi connectivity index (χ2n) is 7.58. The molecule has 3 rings (SSSR count). The predicted octanol–water partition coefficient (Wildman–Crippen LogP) is 2.41. The fraction of sp³-hybridized carbons (Fsp3) is 0.600. The van der Waals surface area contributed by atoms with E-state index in [1.54, 1.807) is 0 Å². The second kappa shape index (κ2) is 8.06. The Labute approximate surface area is 154 Å². The van der Waals surface area contributed by atoms with Crippen molar-refractivity contribution >= 4 is 11.9 Å². The van der Waals surface area contributed by atoms with Gasteiger partial charge >= 0.3 is 0 Å². The monoisotopic (exact) mass is 360 g/mol. The fourth-order valence-corrected chi connectivity index (χ4v) is 3.85. The molecule has 1 aromatic rings. The molecule has 0 bridgehead atoms. The molecule has 1 unspecified atom stereocenters. The maximum absolute atomic E-state index is 13.2. The number of carbonyl (C=O) groups excluding carboxylic acids is 1. The third-order valence-electron chi connectivity index (χ3n) is 5.48. The number of amides is 1. The number of likely N-dealkylation sites (tertiary alicyclic amines) is 1. The molecule has 1 amide bonds. The van der Waals surface area contributed by atoms with Gasteiger partial charge in [-0.25, -0.2) is 4.39 Å². The van der Waals surface area contributed by atoms with Gasteiger partial charge < -0.3 is 16.0 Å². The molecule has 1 heterocycles. The Kier molecular flexibility index (Phi) is 5.79. The van der Waals surface area contributed by atoms with Crippen LogP contribution in [0.5, 0.6) is 0 Å². The van der Waals surface area contributed by atoms with Gasteiger partial charge in [0.15, 0.2) is 5.96 Å². The normalized spacial score (nSPS) is 22.2. The Morgan fingerprint density at radius 1 is 1.38 bits per heavy atom. The molecule has 142 valence electrons. The molecule has 1 aromatic carbocycles. The second-order valence-corrected chi connectivity index (χ2v) is 7.58. The van der Waals surface area contributed by atoms with Crippen molar-refractivity contribution in [2.75, 3.05) is 26.2 Å². The molecule has 2 aliphatic rings. The summed E-state index contributed by atoms with van der Waals surface area (Å²) in [4.78, 5) is 18.4. The Hall–Kier alpha value is -2.11. The van der Waals surface area contributed by atoms with Crippen LogP contribution in [0.2, 0.25) is 0 Å². The van der Waals surface area contributed by atoms with E-state index in [0.717, 1.165) is 51.3 Å². The lowest BCUT2D eigenvalue weighted by molar-refractivity contribution is -0.119. The highest BCUT2D eigenvalue weighted by atomic mass is 19.1.